The molecule has 2 N–H and O–H groups in total. The number of pyridine rings is 1. The molecule has 0 bridgehead atoms. The van der Waals surface area contributed by atoms with Crippen molar-refractivity contribution < 1.29 is 23.2 Å². The maximum atomic E-state index is 12.5. The highest BCUT2D eigenvalue weighted by Crippen LogP contribution is 2.23. The predicted octanol–water partition coefficient (Wildman–Crippen LogP) is 2.00. The summed E-state index contributed by atoms with van der Waals surface area (Å²) < 4.78 is 32.5. The van der Waals surface area contributed by atoms with E-state index >= 15 is 0 Å². The van der Waals surface area contributed by atoms with Crippen LogP contribution in [0.25, 0.3) is 10.9 Å². The van der Waals surface area contributed by atoms with Crippen LogP contribution in [0, 0.1) is 12.8 Å². The van der Waals surface area contributed by atoms with Crippen LogP contribution < -0.4 is 5.48 Å². The number of fused-ring (bicyclic) bond motifs is 1. The molecule has 0 saturated carbocycles. The summed E-state index contributed by atoms with van der Waals surface area (Å²) in [5.41, 5.74) is 4.45. The summed E-state index contributed by atoms with van der Waals surface area (Å²) >= 11 is 0. The summed E-state index contributed by atoms with van der Waals surface area (Å²) in [6.07, 6.45) is 1.18. The third-order valence-corrected chi connectivity index (χ3v) is 7.29. The summed E-state index contributed by atoms with van der Waals surface area (Å²) in [7, 11) is -3.57. The number of hydrogen-bond acceptors (Lipinski definition) is 6. The van der Waals surface area contributed by atoms with Gasteiger partial charge in [0.2, 0.25) is 15.9 Å². The molecule has 1 aromatic carbocycles. The topological polar surface area (TPSA) is 109 Å². The number of ether oxygens (including phenoxy) is 1. The van der Waals surface area contributed by atoms with E-state index in [1.807, 2.05) is 37.3 Å². The van der Waals surface area contributed by atoms with Gasteiger partial charge in [-0.05, 0) is 37.5 Å². The van der Waals surface area contributed by atoms with Crippen molar-refractivity contribution in [2.45, 2.75) is 39.4 Å². The molecule has 0 unspecified atom stereocenters. The second kappa shape index (κ2) is 9.17. The van der Waals surface area contributed by atoms with Crippen molar-refractivity contribution in [3.8, 4) is 0 Å². The van der Waals surface area contributed by atoms with E-state index in [0.29, 0.717) is 32.5 Å². The lowest BCUT2D eigenvalue weighted by atomic mass is 10.1. The van der Waals surface area contributed by atoms with Gasteiger partial charge in [0, 0.05) is 24.2 Å². The number of carbonyl (C=O) groups is 1. The van der Waals surface area contributed by atoms with Gasteiger partial charge in [0.1, 0.15) is 0 Å². The Morgan fingerprint density at radius 3 is 2.72 bits per heavy atom. The molecule has 1 aliphatic heterocycles. The zero-order valence-electron chi connectivity index (χ0n) is 16.7. The van der Waals surface area contributed by atoms with E-state index in [-0.39, 0.29) is 11.9 Å². The minimum absolute atomic E-state index is 0.0214. The van der Waals surface area contributed by atoms with E-state index in [1.165, 1.54) is 16.7 Å². The van der Waals surface area contributed by atoms with Crippen LogP contribution in [0.4, 0.5) is 0 Å². The first-order chi connectivity index (χ1) is 13.8. The van der Waals surface area contributed by atoms with Gasteiger partial charge in [-0.15, -0.1) is 0 Å². The molecular weight excluding hydrogens is 394 g/mol. The van der Waals surface area contributed by atoms with Gasteiger partial charge in [-0.25, -0.2) is 18.2 Å². The van der Waals surface area contributed by atoms with Crippen LogP contribution in [-0.4, -0.2) is 53.8 Å². The minimum atomic E-state index is -3.57. The summed E-state index contributed by atoms with van der Waals surface area (Å²) in [6, 6.07) is 9.97. The molecule has 2 aromatic rings. The van der Waals surface area contributed by atoms with Gasteiger partial charge >= 0.3 is 0 Å². The molecule has 158 valence electrons. The average molecular weight is 422 g/mol. The van der Waals surface area contributed by atoms with Gasteiger partial charge in [0.25, 0.3) is 0 Å². The van der Waals surface area contributed by atoms with Crippen molar-refractivity contribution in [2.24, 2.45) is 5.92 Å². The van der Waals surface area contributed by atoms with Crippen LogP contribution in [0.2, 0.25) is 0 Å². The standard InChI is InChI=1S/C20H27N3O5S/c1-14(20(24)22-25)13-29(26,27)23-9-7-17(8-10-23)28-12-16-11-15(2)21-19-6-4-3-5-18(16)19/h3-6,11,14,17,25H,7-10,12-13H2,1-2H3,(H,22,24)/t14-/m0/s1. The lowest BCUT2D eigenvalue weighted by Crippen LogP contribution is -2.44. The molecule has 1 fully saturated rings. The van der Waals surface area contributed by atoms with E-state index in [0.717, 1.165) is 22.2 Å². The number of benzene rings is 1. The summed E-state index contributed by atoms with van der Waals surface area (Å²) in [6.45, 7) is 4.60. The molecular formula is C20H27N3O5S. The number of nitrogens with one attached hydrogen (secondary N) is 1. The van der Waals surface area contributed by atoms with Crippen LogP contribution >= 0.6 is 0 Å². The summed E-state index contributed by atoms with van der Waals surface area (Å²) in [5, 5.41) is 9.72. The summed E-state index contributed by atoms with van der Waals surface area (Å²) in [4.78, 5) is 15.9. The normalized spacial score (nSPS) is 17.3. The molecule has 0 aliphatic carbocycles. The van der Waals surface area contributed by atoms with E-state index in [1.54, 1.807) is 0 Å². The van der Waals surface area contributed by atoms with E-state index < -0.39 is 21.8 Å². The van der Waals surface area contributed by atoms with Crippen molar-refractivity contribution in [1.29, 1.82) is 0 Å². The molecule has 1 amide bonds. The number of nitrogens with zero attached hydrogens (tertiary/aromatic N) is 2. The fourth-order valence-electron chi connectivity index (χ4n) is 3.61. The van der Waals surface area contributed by atoms with Crippen LogP contribution in [0.1, 0.15) is 31.0 Å². The smallest absolute Gasteiger partial charge is 0.247 e. The molecule has 1 aliphatic rings. The number of rotatable bonds is 7. The third-order valence-electron chi connectivity index (χ3n) is 5.22. The second-order valence-electron chi connectivity index (χ2n) is 7.50. The first-order valence-corrected chi connectivity index (χ1v) is 11.3. The maximum absolute atomic E-state index is 12.5. The molecule has 2 heterocycles. The molecule has 8 nitrogen and oxygen atoms in total. The Morgan fingerprint density at radius 1 is 1.34 bits per heavy atom. The number of hydrogen-bond donors (Lipinski definition) is 2. The number of amides is 1. The second-order valence-corrected chi connectivity index (χ2v) is 9.52. The number of hydroxylamine groups is 1. The average Bonchev–Trinajstić information content (AvgIpc) is 2.71. The molecule has 1 atom stereocenters. The Labute approximate surface area is 170 Å². The molecule has 3 rings (SSSR count). The number of carbonyl (C=O) groups excluding carboxylic acids is 1. The number of aryl methyl sites for hydroxylation is 1. The Kier molecular flexibility index (Phi) is 6.84. The number of sulfonamides is 1. The quantitative estimate of drug-likeness (QED) is 0.523. The van der Waals surface area contributed by atoms with Crippen LogP contribution in [-0.2, 0) is 26.2 Å². The van der Waals surface area contributed by atoms with Gasteiger partial charge in [-0.3, -0.25) is 15.0 Å². The van der Waals surface area contributed by atoms with E-state index in [9.17, 15) is 13.2 Å². The maximum Gasteiger partial charge on any atom is 0.247 e. The number of piperidine rings is 1. The van der Waals surface area contributed by atoms with Crippen molar-refractivity contribution in [3.05, 3.63) is 41.6 Å². The molecule has 0 spiro atoms. The zero-order valence-corrected chi connectivity index (χ0v) is 17.5. The predicted molar refractivity (Wildman–Crippen MR) is 109 cm³/mol. The first kappa shape index (κ1) is 21.6. The number of aromatic nitrogens is 1. The first-order valence-electron chi connectivity index (χ1n) is 9.69. The highest BCUT2D eigenvalue weighted by Gasteiger charge is 2.31. The van der Waals surface area contributed by atoms with Crippen molar-refractivity contribution in [1.82, 2.24) is 14.8 Å². The molecule has 1 aromatic heterocycles. The lowest BCUT2D eigenvalue weighted by Gasteiger charge is -2.31. The van der Waals surface area contributed by atoms with Gasteiger partial charge in [-0.2, -0.15) is 0 Å². The van der Waals surface area contributed by atoms with Crippen molar-refractivity contribution in [3.63, 3.8) is 0 Å². The Bertz CT molecular complexity index is 971. The fourth-order valence-corrected chi connectivity index (χ4v) is 5.37. The Morgan fingerprint density at radius 2 is 2.03 bits per heavy atom. The third kappa shape index (κ3) is 5.30. The van der Waals surface area contributed by atoms with Gasteiger partial charge < -0.3 is 4.74 Å². The van der Waals surface area contributed by atoms with Crippen molar-refractivity contribution >= 4 is 26.8 Å². The minimum Gasteiger partial charge on any atom is -0.373 e. The fraction of sp³-hybridized carbons (Fsp3) is 0.500. The zero-order chi connectivity index (χ0) is 21.0. The Hall–Kier alpha value is -2.07. The lowest BCUT2D eigenvalue weighted by molar-refractivity contribution is -0.132. The largest absolute Gasteiger partial charge is 0.373 e. The van der Waals surface area contributed by atoms with Crippen LogP contribution in [0.5, 0.6) is 0 Å². The highest BCUT2D eigenvalue weighted by molar-refractivity contribution is 7.89. The number of para-hydroxylation sites is 1. The van der Waals surface area contributed by atoms with Gasteiger partial charge in [0.05, 0.1) is 29.9 Å². The molecule has 29 heavy (non-hydrogen) atoms. The van der Waals surface area contributed by atoms with Crippen molar-refractivity contribution in [2.75, 3.05) is 18.8 Å². The van der Waals surface area contributed by atoms with Gasteiger partial charge in [0.15, 0.2) is 0 Å². The van der Waals surface area contributed by atoms with Gasteiger partial charge in [-0.1, -0.05) is 25.1 Å². The van der Waals surface area contributed by atoms with Crippen LogP contribution in [0.15, 0.2) is 30.3 Å². The van der Waals surface area contributed by atoms with E-state index in [2.05, 4.69) is 4.98 Å². The SMILES string of the molecule is Cc1cc(COC2CCN(S(=O)(=O)C[C@H](C)C(=O)NO)CC2)c2ccccc2n1. The monoisotopic (exact) mass is 421 g/mol. The van der Waals surface area contributed by atoms with E-state index in [4.69, 9.17) is 9.94 Å². The molecule has 1 saturated heterocycles. The Balaban J connectivity index is 1.56. The van der Waals surface area contributed by atoms with Crippen LogP contribution in [0.3, 0.4) is 0 Å². The summed E-state index contributed by atoms with van der Waals surface area (Å²) in [5.74, 6) is -1.85. The highest BCUT2D eigenvalue weighted by atomic mass is 32.2. The molecule has 0 radical (unpaired) electrons. The molecule has 9 heteroatoms.